The number of β-lactam (4-membered cyclic amide) rings is 1. The van der Waals surface area contributed by atoms with Gasteiger partial charge in [0.1, 0.15) is 12.6 Å². The fourth-order valence-electron chi connectivity index (χ4n) is 3.50. The topological polar surface area (TPSA) is 186 Å². The number of nitrogens with one attached hydrogen (secondary N) is 2. The molecule has 2 heterocycles. The number of phenols is 2. The number of imide groups is 1. The first-order valence-corrected chi connectivity index (χ1v) is 12.0. The van der Waals surface area contributed by atoms with Gasteiger partial charge in [0.05, 0.1) is 13.1 Å². The molecule has 0 bridgehead atoms. The summed E-state index contributed by atoms with van der Waals surface area (Å²) in [6, 6.07) is 8.97. The summed E-state index contributed by atoms with van der Waals surface area (Å²) in [6.07, 6.45) is -0.882. The number of alkyl carbamates (subject to hydrolysis) is 1. The molecule has 0 unspecified atom stereocenters. The molecule has 2 aromatic carbocycles. The molecule has 36 heavy (non-hydrogen) atoms. The van der Waals surface area contributed by atoms with Crippen LogP contribution in [0.2, 0.25) is 0 Å². The van der Waals surface area contributed by atoms with Gasteiger partial charge in [0.2, 0.25) is 0 Å². The van der Waals surface area contributed by atoms with Gasteiger partial charge in [0.15, 0.2) is 11.5 Å². The van der Waals surface area contributed by atoms with Crippen LogP contribution in [0.5, 0.6) is 11.5 Å². The van der Waals surface area contributed by atoms with Gasteiger partial charge in [-0.05, 0) is 17.7 Å². The van der Waals surface area contributed by atoms with Gasteiger partial charge in [0, 0.05) is 18.3 Å². The maximum absolute atomic E-state index is 12.6. The average Bonchev–Trinajstić information content (AvgIpc) is 3.24. The quantitative estimate of drug-likeness (QED) is 0.310. The van der Waals surface area contributed by atoms with E-state index in [1.54, 1.807) is 35.1 Å². The number of phenolic OH excluding ortho intramolecular Hbond substituents is 2. The highest BCUT2D eigenvalue weighted by Crippen LogP contribution is 2.31. The van der Waals surface area contributed by atoms with E-state index in [0.29, 0.717) is 9.21 Å². The van der Waals surface area contributed by atoms with E-state index >= 15 is 0 Å². The van der Waals surface area contributed by atoms with Crippen molar-refractivity contribution in [3.05, 3.63) is 54.1 Å². The fraction of sp³-hybridized carbons (Fsp3) is 0.238. The van der Waals surface area contributed by atoms with Crippen molar-refractivity contribution in [1.82, 2.24) is 19.2 Å². The van der Waals surface area contributed by atoms with Gasteiger partial charge in [0.25, 0.3) is 5.91 Å². The number of nitrogens with zero attached hydrogens (tertiary/aromatic N) is 3. The third-order valence-electron chi connectivity index (χ3n) is 5.43. The number of hydrogen-bond acceptors (Lipinski definition) is 9. The summed E-state index contributed by atoms with van der Waals surface area (Å²) in [5.74, 6) is -1.77. The standard InChI is InChI=1S/C21H21N5O9S/c27-16-7-6-14(10-17(16)28)24-8-9-26(21(24)32)36(33,34)23-19(30)25-11-15(18(25)29)22-20(31)35-12-13-4-2-1-3-5-13/h1-7,10,15,27-28H,8-9,11-12H2,(H,22,31)(H,23,30)/t15-/m0/s1. The number of anilines is 1. The van der Waals surface area contributed by atoms with E-state index in [1.807, 2.05) is 0 Å². The summed E-state index contributed by atoms with van der Waals surface area (Å²) in [4.78, 5) is 50.7. The molecule has 0 aliphatic carbocycles. The zero-order chi connectivity index (χ0) is 26.0. The van der Waals surface area contributed by atoms with E-state index in [1.165, 1.54) is 6.07 Å². The van der Waals surface area contributed by atoms with E-state index in [9.17, 15) is 37.8 Å². The largest absolute Gasteiger partial charge is 0.504 e. The minimum absolute atomic E-state index is 0.0271. The molecule has 0 spiro atoms. The zero-order valence-electron chi connectivity index (χ0n) is 18.5. The van der Waals surface area contributed by atoms with Crippen molar-refractivity contribution in [3.8, 4) is 11.5 Å². The van der Waals surface area contributed by atoms with Gasteiger partial charge in [-0.15, -0.1) is 0 Å². The Morgan fingerprint density at radius 1 is 1.03 bits per heavy atom. The smallest absolute Gasteiger partial charge is 0.408 e. The molecule has 2 fully saturated rings. The maximum atomic E-state index is 12.6. The Morgan fingerprint density at radius 2 is 1.75 bits per heavy atom. The summed E-state index contributed by atoms with van der Waals surface area (Å²) < 4.78 is 32.3. The highest BCUT2D eigenvalue weighted by atomic mass is 32.2. The van der Waals surface area contributed by atoms with E-state index in [-0.39, 0.29) is 31.9 Å². The Labute approximate surface area is 204 Å². The summed E-state index contributed by atoms with van der Waals surface area (Å²) in [7, 11) is -4.67. The van der Waals surface area contributed by atoms with Crippen LogP contribution in [-0.2, 0) is 26.3 Å². The minimum Gasteiger partial charge on any atom is -0.504 e. The average molecular weight is 519 g/mol. The van der Waals surface area contributed by atoms with Crippen LogP contribution in [-0.4, -0.2) is 77.6 Å². The third-order valence-corrected chi connectivity index (χ3v) is 6.78. The molecule has 4 rings (SSSR count). The predicted molar refractivity (Wildman–Crippen MR) is 122 cm³/mol. The van der Waals surface area contributed by atoms with E-state index < -0.39 is 51.8 Å². The molecule has 0 radical (unpaired) electrons. The van der Waals surface area contributed by atoms with E-state index in [0.717, 1.165) is 22.6 Å². The molecule has 15 heteroatoms. The second-order valence-electron chi connectivity index (χ2n) is 7.80. The molecule has 6 amide bonds. The molecule has 2 aliphatic rings. The van der Waals surface area contributed by atoms with Crippen LogP contribution < -0.4 is 14.9 Å². The Bertz CT molecular complexity index is 1320. The predicted octanol–water partition coefficient (Wildman–Crippen LogP) is 0.431. The Hall–Kier alpha value is -4.53. The fourth-order valence-corrected chi connectivity index (χ4v) is 4.57. The monoisotopic (exact) mass is 519 g/mol. The van der Waals surface area contributed by atoms with Crippen LogP contribution in [0.15, 0.2) is 48.5 Å². The van der Waals surface area contributed by atoms with Gasteiger partial charge < -0.3 is 20.3 Å². The Morgan fingerprint density at radius 3 is 2.42 bits per heavy atom. The van der Waals surface area contributed by atoms with Crippen LogP contribution in [0, 0.1) is 0 Å². The maximum Gasteiger partial charge on any atom is 0.408 e. The molecule has 4 N–H and O–H groups in total. The van der Waals surface area contributed by atoms with E-state index in [2.05, 4.69) is 5.32 Å². The highest BCUT2D eigenvalue weighted by molar-refractivity contribution is 7.88. The number of carbonyl (C=O) groups is 4. The first kappa shape index (κ1) is 24.6. The number of ether oxygens (including phenoxy) is 1. The van der Waals surface area contributed by atoms with Crippen LogP contribution in [0.3, 0.4) is 0 Å². The minimum atomic E-state index is -4.67. The molecule has 1 atom stereocenters. The summed E-state index contributed by atoms with van der Waals surface area (Å²) in [5, 5.41) is 21.3. The van der Waals surface area contributed by atoms with Crippen molar-refractivity contribution in [2.45, 2.75) is 12.6 Å². The lowest BCUT2D eigenvalue weighted by molar-refractivity contribution is -0.139. The summed E-state index contributed by atoms with van der Waals surface area (Å²) in [6.45, 7) is -0.722. The van der Waals surface area contributed by atoms with Crippen LogP contribution >= 0.6 is 0 Å². The molecule has 2 saturated heterocycles. The number of likely N-dealkylation sites (tertiary alicyclic amines) is 1. The normalized spacial score (nSPS) is 17.6. The van der Waals surface area contributed by atoms with Crippen molar-refractivity contribution >= 4 is 40.0 Å². The number of amides is 6. The summed E-state index contributed by atoms with van der Waals surface area (Å²) >= 11 is 0. The van der Waals surface area contributed by atoms with Gasteiger partial charge in [-0.3, -0.25) is 14.6 Å². The second-order valence-corrected chi connectivity index (χ2v) is 9.39. The van der Waals surface area contributed by atoms with Gasteiger partial charge in [-0.1, -0.05) is 30.3 Å². The van der Waals surface area contributed by atoms with E-state index in [4.69, 9.17) is 4.74 Å². The molecular weight excluding hydrogens is 498 g/mol. The van der Waals surface area contributed by atoms with Crippen molar-refractivity contribution in [1.29, 1.82) is 0 Å². The van der Waals surface area contributed by atoms with Gasteiger partial charge in [-0.25, -0.2) is 23.4 Å². The molecule has 190 valence electrons. The first-order chi connectivity index (χ1) is 17.1. The number of urea groups is 2. The van der Waals surface area contributed by atoms with Gasteiger partial charge >= 0.3 is 28.4 Å². The number of benzene rings is 2. The molecule has 0 aromatic heterocycles. The third kappa shape index (κ3) is 4.95. The van der Waals surface area contributed by atoms with Crippen molar-refractivity contribution in [2.75, 3.05) is 24.5 Å². The molecule has 2 aromatic rings. The number of rotatable bonds is 6. The van der Waals surface area contributed by atoms with Crippen LogP contribution in [0.4, 0.5) is 20.1 Å². The lowest BCUT2D eigenvalue weighted by Gasteiger charge is -2.36. The molecule has 0 saturated carbocycles. The lowest BCUT2D eigenvalue weighted by atomic mass is 10.1. The number of hydrogen-bond donors (Lipinski definition) is 4. The van der Waals surface area contributed by atoms with Crippen molar-refractivity contribution in [3.63, 3.8) is 0 Å². The Kier molecular flexibility index (Phi) is 6.57. The highest BCUT2D eigenvalue weighted by Gasteiger charge is 2.45. The Balaban J connectivity index is 1.29. The lowest BCUT2D eigenvalue weighted by Crippen LogP contribution is -2.67. The molecular formula is C21H21N5O9S. The number of aromatic hydroxyl groups is 2. The summed E-state index contributed by atoms with van der Waals surface area (Å²) in [5.41, 5.74) is 0.862. The first-order valence-electron chi connectivity index (χ1n) is 10.5. The van der Waals surface area contributed by atoms with Crippen molar-refractivity contribution < 1.29 is 42.5 Å². The van der Waals surface area contributed by atoms with Crippen LogP contribution in [0.1, 0.15) is 5.56 Å². The SMILES string of the molecule is O=C(N[C@H]1CN(C(=O)NS(=O)(=O)N2CCN(c3ccc(O)c(O)c3)C2=O)C1=O)OCc1ccccc1. The molecule has 14 nitrogen and oxygen atoms in total. The van der Waals surface area contributed by atoms with Gasteiger partial charge in [-0.2, -0.15) is 8.42 Å². The van der Waals surface area contributed by atoms with Crippen molar-refractivity contribution in [2.24, 2.45) is 0 Å². The van der Waals surface area contributed by atoms with Crippen LogP contribution in [0.25, 0.3) is 0 Å². The molecule has 2 aliphatic heterocycles. The second kappa shape index (κ2) is 9.61. The number of carbonyl (C=O) groups excluding carboxylic acids is 4. The zero-order valence-corrected chi connectivity index (χ0v) is 19.3.